The van der Waals surface area contributed by atoms with Gasteiger partial charge < -0.3 is 15.6 Å². The van der Waals surface area contributed by atoms with Gasteiger partial charge in [-0.25, -0.2) is 0 Å². The predicted molar refractivity (Wildman–Crippen MR) is 79.0 cm³/mol. The number of nitrogens with two attached hydrogens (primary N) is 1. The minimum atomic E-state index is -0.824. The zero-order chi connectivity index (χ0) is 13.8. The van der Waals surface area contributed by atoms with Crippen LogP contribution in [0.25, 0.3) is 0 Å². The van der Waals surface area contributed by atoms with E-state index in [4.69, 9.17) is 10.5 Å². The maximum absolute atomic E-state index is 10.5. The second-order valence-corrected chi connectivity index (χ2v) is 5.18. The Labute approximate surface area is 121 Å². The van der Waals surface area contributed by atoms with Crippen molar-refractivity contribution in [2.24, 2.45) is 5.73 Å². The molecule has 0 amide bonds. The van der Waals surface area contributed by atoms with Gasteiger partial charge in [-0.05, 0) is 23.8 Å². The first-order valence-electron chi connectivity index (χ1n) is 5.95. The van der Waals surface area contributed by atoms with Crippen LogP contribution >= 0.6 is 15.9 Å². The maximum Gasteiger partial charge on any atom is 0.124 e. The number of aliphatic hydroxyl groups is 1. The topological polar surface area (TPSA) is 55.5 Å². The molecule has 0 aliphatic carbocycles. The van der Waals surface area contributed by atoms with Crippen LogP contribution in [0, 0.1) is 0 Å². The van der Waals surface area contributed by atoms with E-state index in [0.29, 0.717) is 11.3 Å². The first-order valence-corrected chi connectivity index (χ1v) is 6.75. The molecular formula is C15H16BrNO2. The molecule has 0 aliphatic heterocycles. The molecule has 4 heteroatoms. The van der Waals surface area contributed by atoms with Gasteiger partial charge >= 0.3 is 0 Å². The average Bonchev–Trinajstić information content (AvgIpc) is 2.46. The quantitative estimate of drug-likeness (QED) is 0.909. The van der Waals surface area contributed by atoms with Crippen molar-refractivity contribution in [1.82, 2.24) is 0 Å². The van der Waals surface area contributed by atoms with E-state index < -0.39 is 12.1 Å². The van der Waals surface area contributed by atoms with Crippen LogP contribution in [-0.4, -0.2) is 12.2 Å². The van der Waals surface area contributed by atoms with Gasteiger partial charge in [-0.3, -0.25) is 0 Å². The minimum absolute atomic E-state index is 0.496. The molecule has 0 aromatic heterocycles. The summed E-state index contributed by atoms with van der Waals surface area (Å²) < 4.78 is 6.15. The summed E-state index contributed by atoms with van der Waals surface area (Å²) in [5, 5.41) is 10.5. The average molecular weight is 322 g/mol. The minimum Gasteiger partial charge on any atom is -0.496 e. The third-order valence-corrected chi connectivity index (χ3v) is 3.53. The van der Waals surface area contributed by atoms with E-state index in [1.54, 1.807) is 13.2 Å². The Morgan fingerprint density at radius 3 is 2.47 bits per heavy atom. The van der Waals surface area contributed by atoms with Crippen molar-refractivity contribution < 1.29 is 9.84 Å². The van der Waals surface area contributed by atoms with E-state index in [1.165, 1.54) is 0 Å². The molecule has 0 fully saturated rings. The molecule has 3 N–H and O–H groups in total. The number of methoxy groups -OCH3 is 1. The Balaban J connectivity index is 2.33. The van der Waals surface area contributed by atoms with E-state index >= 15 is 0 Å². The van der Waals surface area contributed by atoms with Crippen molar-refractivity contribution >= 4 is 15.9 Å². The molecule has 3 nitrogen and oxygen atoms in total. The van der Waals surface area contributed by atoms with Crippen LogP contribution in [0.2, 0.25) is 0 Å². The van der Waals surface area contributed by atoms with Crippen molar-refractivity contribution in [2.75, 3.05) is 7.11 Å². The highest BCUT2D eigenvalue weighted by Gasteiger charge is 2.22. The van der Waals surface area contributed by atoms with Crippen LogP contribution in [0.3, 0.4) is 0 Å². The molecule has 100 valence electrons. The summed E-state index contributed by atoms with van der Waals surface area (Å²) >= 11 is 3.39. The van der Waals surface area contributed by atoms with Gasteiger partial charge in [0.1, 0.15) is 11.9 Å². The van der Waals surface area contributed by atoms with Gasteiger partial charge in [0.05, 0.1) is 13.2 Å². The van der Waals surface area contributed by atoms with E-state index in [0.717, 1.165) is 10.0 Å². The Bertz CT molecular complexity index is 545. The first kappa shape index (κ1) is 14.1. The molecule has 0 saturated carbocycles. The van der Waals surface area contributed by atoms with Gasteiger partial charge in [-0.1, -0.05) is 46.3 Å². The molecule has 0 spiro atoms. The molecule has 0 aliphatic rings. The van der Waals surface area contributed by atoms with Crippen molar-refractivity contribution in [3.8, 4) is 5.75 Å². The SMILES string of the molecule is COc1ccc(Br)cc1C(O)C(N)c1ccccc1. The van der Waals surface area contributed by atoms with Gasteiger partial charge in [0.2, 0.25) is 0 Å². The van der Waals surface area contributed by atoms with Gasteiger partial charge in [0.25, 0.3) is 0 Å². The summed E-state index contributed by atoms with van der Waals surface area (Å²) in [6.45, 7) is 0. The van der Waals surface area contributed by atoms with Crippen LogP contribution < -0.4 is 10.5 Å². The van der Waals surface area contributed by atoms with Gasteiger partial charge in [-0.15, -0.1) is 0 Å². The van der Waals surface area contributed by atoms with Gasteiger partial charge in [0, 0.05) is 10.0 Å². The summed E-state index contributed by atoms with van der Waals surface area (Å²) in [5.41, 5.74) is 7.68. The molecular weight excluding hydrogens is 306 g/mol. The third-order valence-electron chi connectivity index (χ3n) is 3.04. The lowest BCUT2D eigenvalue weighted by molar-refractivity contribution is 0.143. The highest BCUT2D eigenvalue weighted by molar-refractivity contribution is 9.10. The third kappa shape index (κ3) is 3.15. The van der Waals surface area contributed by atoms with Crippen molar-refractivity contribution in [2.45, 2.75) is 12.1 Å². The number of hydrogen-bond acceptors (Lipinski definition) is 3. The molecule has 2 unspecified atom stereocenters. The van der Waals surface area contributed by atoms with Crippen molar-refractivity contribution in [3.63, 3.8) is 0 Å². The molecule has 2 aromatic rings. The van der Waals surface area contributed by atoms with Crippen molar-refractivity contribution in [3.05, 3.63) is 64.1 Å². The normalized spacial score (nSPS) is 13.9. The molecule has 2 aromatic carbocycles. The molecule has 0 bridgehead atoms. The van der Waals surface area contributed by atoms with E-state index in [-0.39, 0.29) is 0 Å². The lowest BCUT2D eigenvalue weighted by Crippen LogP contribution is -2.20. The number of rotatable bonds is 4. The van der Waals surface area contributed by atoms with E-state index in [2.05, 4.69) is 15.9 Å². The Morgan fingerprint density at radius 2 is 1.84 bits per heavy atom. The summed E-state index contributed by atoms with van der Waals surface area (Å²) in [4.78, 5) is 0. The number of hydrogen-bond donors (Lipinski definition) is 2. The summed E-state index contributed by atoms with van der Waals surface area (Å²) in [7, 11) is 1.58. The second kappa shape index (κ2) is 6.19. The lowest BCUT2D eigenvalue weighted by atomic mass is 9.96. The number of benzene rings is 2. The monoisotopic (exact) mass is 321 g/mol. The summed E-state index contributed by atoms with van der Waals surface area (Å²) in [6.07, 6.45) is -0.824. The fraction of sp³-hybridized carbons (Fsp3) is 0.200. The number of halogens is 1. The number of ether oxygens (including phenoxy) is 1. The molecule has 0 radical (unpaired) electrons. The summed E-state index contributed by atoms with van der Waals surface area (Å²) in [5.74, 6) is 0.627. The maximum atomic E-state index is 10.5. The first-order chi connectivity index (χ1) is 9.13. The van der Waals surface area contributed by atoms with Gasteiger partial charge in [-0.2, -0.15) is 0 Å². The fourth-order valence-corrected chi connectivity index (χ4v) is 2.37. The second-order valence-electron chi connectivity index (χ2n) is 4.27. The largest absolute Gasteiger partial charge is 0.496 e. The fourth-order valence-electron chi connectivity index (χ4n) is 1.99. The zero-order valence-corrected chi connectivity index (χ0v) is 12.2. The smallest absolute Gasteiger partial charge is 0.124 e. The molecule has 2 atom stereocenters. The van der Waals surface area contributed by atoms with Crippen LogP contribution in [0.1, 0.15) is 23.3 Å². The van der Waals surface area contributed by atoms with Crippen LogP contribution in [0.15, 0.2) is 53.0 Å². The van der Waals surface area contributed by atoms with Crippen LogP contribution in [0.4, 0.5) is 0 Å². The Kier molecular flexibility index (Phi) is 4.58. The molecule has 0 saturated heterocycles. The van der Waals surface area contributed by atoms with Crippen LogP contribution in [-0.2, 0) is 0 Å². The Hall–Kier alpha value is -1.36. The van der Waals surface area contributed by atoms with E-state index in [1.807, 2.05) is 42.5 Å². The molecule has 19 heavy (non-hydrogen) atoms. The highest BCUT2D eigenvalue weighted by Crippen LogP contribution is 2.34. The summed E-state index contributed by atoms with van der Waals surface area (Å²) in [6, 6.07) is 14.5. The lowest BCUT2D eigenvalue weighted by Gasteiger charge is -2.21. The van der Waals surface area contributed by atoms with E-state index in [9.17, 15) is 5.11 Å². The predicted octanol–water partition coefficient (Wildman–Crippen LogP) is 3.19. The number of aliphatic hydroxyl groups excluding tert-OH is 1. The standard InChI is InChI=1S/C15H16BrNO2/c1-19-13-8-7-11(16)9-12(13)15(18)14(17)10-5-3-2-4-6-10/h2-9,14-15,18H,17H2,1H3. The molecule has 2 rings (SSSR count). The van der Waals surface area contributed by atoms with Gasteiger partial charge in [0.15, 0.2) is 0 Å². The Morgan fingerprint density at radius 1 is 1.16 bits per heavy atom. The zero-order valence-electron chi connectivity index (χ0n) is 10.6. The highest BCUT2D eigenvalue weighted by atomic mass is 79.9. The van der Waals surface area contributed by atoms with Crippen LogP contribution in [0.5, 0.6) is 5.75 Å². The van der Waals surface area contributed by atoms with Crippen molar-refractivity contribution in [1.29, 1.82) is 0 Å². The molecule has 0 heterocycles.